The van der Waals surface area contributed by atoms with E-state index in [1.807, 2.05) is 0 Å². The molecule has 1 saturated heterocycles. The molecule has 0 aromatic rings. The predicted octanol–water partition coefficient (Wildman–Crippen LogP) is 1.16. The van der Waals surface area contributed by atoms with E-state index in [1.165, 1.54) is 21.1 Å². The van der Waals surface area contributed by atoms with Gasteiger partial charge in [-0.15, -0.1) is 0 Å². The van der Waals surface area contributed by atoms with Gasteiger partial charge >= 0.3 is 18.0 Å². The van der Waals surface area contributed by atoms with E-state index in [9.17, 15) is 19.2 Å². The van der Waals surface area contributed by atoms with Crippen molar-refractivity contribution in [3.05, 3.63) is 0 Å². The maximum Gasteiger partial charge on any atom is 0.411 e. The molecule has 1 rings (SSSR count). The molecule has 1 heterocycles. The third-order valence-corrected chi connectivity index (χ3v) is 3.87. The summed E-state index contributed by atoms with van der Waals surface area (Å²) in [6.07, 6.45) is -0.892. The summed E-state index contributed by atoms with van der Waals surface area (Å²) in [7, 11) is 2.41. The average Bonchev–Trinajstić information content (AvgIpc) is 2.84. The molecule has 0 aromatic carbocycles. The topological polar surface area (TPSA) is 99.2 Å². The fourth-order valence-corrected chi connectivity index (χ4v) is 2.80. The fourth-order valence-electron chi connectivity index (χ4n) is 2.80. The average molecular weight is 343 g/mol. The second-order valence-corrected chi connectivity index (χ2v) is 6.76. The Balaban J connectivity index is 3.18. The van der Waals surface area contributed by atoms with Crippen LogP contribution in [0.5, 0.6) is 0 Å². The van der Waals surface area contributed by atoms with Gasteiger partial charge in [-0.2, -0.15) is 0 Å². The first-order valence-electron chi connectivity index (χ1n) is 7.66. The van der Waals surface area contributed by atoms with Crippen molar-refractivity contribution in [3.8, 4) is 0 Å². The Morgan fingerprint density at radius 2 is 1.67 bits per heavy atom. The number of carbonyl (C=O) groups excluding carboxylic acids is 4. The van der Waals surface area contributed by atoms with Gasteiger partial charge in [0.2, 0.25) is 0 Å². The molecule has 0 radical (unpaired) electrons. The SMILES string of the molecule is COC(=O)C[C@@H]1[C@@H](C(=O)OC)N(C(=O)OC(C)(C)C)C[C@H]1C(C)=O. The van der Waals surface area contributed by atoms with Gasteiger partial charge in [-0.1, -0.05) is 0 Å². The number of hydrogen-bond acceptors (Lipinski definition) is 7. The van der Waals surface area contributed by atoms with Crippen LogP contribution in [0.3, 0.4) is 0 Å². The quantitative estimate of drug-likeness (QED) is 0.558. The molecule has 0 bridgehead atoms. The number of likely N-dealkylation sites (tertiary alicyclic amines) is 1. The number of amides is 1. The number of nitrogens with zero attached hydrogens (tertiary/aromatic N) is 1. The van der Waals surface area contributed by atoms with Crippen molar-refractivity contribution < 1.29 is 33.4 Å². The van der Waals surface area contributed by atoms with Crippen molar-refractivity contribution in [2.24, 2.45) is 11.8 Å². The van der Waals surface area contributed by atoms with Crippen LogP contribution in [0, 0.1) is 11.8 Å². The second-order valence-electron chi connectivity index (χ2n) is 6.76. The van der Waals surface area contributed by atoms with Gasteiger partial charge in [-0.25, -0.2) is 9.59 Å². The highest BCUT2D eigenvalue weighted by Crippen LogP contribution is 2.35. The molecule has 0 aromatic heterocycles. The Labute approximate surface area is 141 Å². The van der Waals surface area contributed by atoms with Gasteiger partial charge in [0.05, 0.1) is 20.6 Å². The minimum absolute atomic E-state index is 0.00826. The highest BCUT2D eigenvalue weighted by molar-refractivity contribution is 5.88. The summed E-state index contributed by atoms with van der Waals surface area (Å²) in [5.74, 6) is -2.86. The third kappa shape index (κ3) is 4.69. The Hall–Kier alpha value is -2.12. The van der Waals surface area contributed by atoms with Crippen LogP contribution in [0.2, 0.25) is 0 Å². The molecular weight excluding hydrogens is 318 g/mol. The Kier molecular flexibility index (Phi) is 6.34. The summed E-state index contributed by atoms with van der Waals surface area (Å²) < 4.78 is 14.7. The zero-order valence-corrected chi connectivity index (χ0v) is 15.0. The van der Waals surface area contributed by atoms with E-state index in [0.29, 0.717) is 0 Å². The van der Waals surface area contributed by atoms with E-state index in [2.05, 4.69) is 4.74 Å². The number of ketones is 1. The molecule has 1 amide bonds. The van der Waals surface area contributed by atoms with E-state index in [1.54, 1.807) is 20.8 Å². The minimum Gasteiger partial charge on any atom is -0.469 e. The lowest BCUT2D eigenvalue weighted by atomic mass is 9.85. The molecule has 24 heavy (non-hydrogen) atoms. The highest BCUT2D eigenvalue weighted by Gasteiger charge is 2.51. The second kappa shape index (κ2) is 7.63. The number of carbonyl (C=O) groups is 4. The molecule has 8 heteroatoms. The van der Waals surface area contributed by atoms with E-state index >= 15 is 0 Å². The van der Waals surface area contributed by atoms with Gasteiger partial charge in [0, 0.05) is 18.4 Å². The van der Waals surface area contributed by atoms with Crippen LogP contribution < -0.4 is 0 Å². The first-order valence-corrected chi connectivity index (χ1v) is 7.66. The molecular formula is C16H25NO7. The molecule has 0 saturated carbocycles. The summed E-state index contributed by atoms with van der Waals surface area (Å²) >= 11 is 0. The molecule has 0 spiro atoms. The van der Waals surface area contributed by atoms with Crippen LogP contribution in [0.25, 0.3) is 0 Å². The fraction of sp³-hybridized carbons (Fsp3) is 0.750. The lowest BCUT2D eigenvalue weighted by Crippen LogP contribution is -2.46. The molecule has 0 aliphatic carbocycles. The first kappa shape index (κ1) is 19.9. The van der Waals surface area contributed by atoms with Crippen LogP contribution >= 0.6 is 0 Å². The molecule has 0 N–H and O–H groups in total. The number of ether oxygens (including phenoxy) is 3. The molecule has 3 atom stereocenters. The van der Waals surface area contributed by atoms with Crippen molar-refractivity contribution in [1.82, 2.24) is 4.90 Å². The van der Waals surface area contributed by atoms with Crippen LogP contribution in [0.15, 0.2) is 0 Å². The summed E-state index contributed by atoms with van der Waals surface area (Å²) in [4.78, 5) is 49.4. The van der Waals surface area contributed by atoms with Crippen LogP contribution in [0.1, 0.15) is 34.1 Å². The number of esters is 2. The number of hydrogen-bond donors (Lipinski definition) is 0. The van der Waals surface area contributed by atoms with Gasteiger partial charge in [0.1, 0.15) is 17.4 Å². The summed E-state index contributed by atoms with van der Waals surface area (Å²) in [6.45, 7) is 6.45. The molecule has 0 unspecified atom stereocenters. The molecule has 136 valence electrons. The summed E-state index contributed by atoms with van der Waals surface area (Å²) in [5.41, 5.74) is -0.760. The summed E-state index contributed by atoms with van der Waals surface area (Å²) in [5, 5.41) is 0. The van der Waals surface area contributed by atoms with Gasteiger partial charge in [0.15, 0.2) is 0 Å². The first-order chi connectivity index (χ1) is 11.0. The van der Waals surface area contributed by atoms with Crippen molar-refractivity contribution in [2.75, 3.05) is 20.8 Å². The lowest BCUT2D eigenvalue weighted by molar-refractivity contribution is -0.149. The van der Waals surface area contributed by atoms with Crippen molar-refractivity contribution >= 4 is 23.8 Å². The van der Waals surface area contributed by atoms with E-state index in [4.69, 9.17) is 9.47 Å². The normalized spacial score (nSPS) is 23.6. The van der Waals surface area contributed by atoms with Gasteiger partial charge in [0.25, 0.3) is 0 Å². The number of Topliss-reactive ketones (excluding diaryl/α,β-unsaturated/α-hetero) is 1. The Morgan fingerprint density at radius 1 is 1.08 bits per heavy atom. The molecule has 1 aliphatic heterocycles. The zero-order valence-electron chi connectivity index (χ0n) is 15.0. The molecule has 1 fully saturated rings. The van der Waals surface area contributed by atoms with E-state index < -0.39 is 41.5 Å². The van der Waals surface area contributed by atoms with Gasteiger partial charge in [-0.3, -0.25) is 14.5 Å². The maximum atomic E-state index is 12.4. The zero-order chi connectivity index (χ0) is 18.7. The van der Waals surface area contributed by atoms with Crippen molar-refractivity contribution in [1.29, 1.82) is 0 Å². The van der Waals surface area contributed by atoms with Gasteiger partial charge < -0.3 is 14.2 Å². The maximum absolute atomic E-state index is 12.4. The van der Waals surface area contributed by atoms with Crippen LogP contribution in [0.4, 0.5) is 4.79 Å². The minimum atomic E-state index is -1.07. The number of rotatable bonds is 4. The van der Waals surface area contributed by atoms with E-state index in [0.717, 1.165) is 4.90 Å². The predicted molar refractivity (Wildman–Crippen MR) is 83.0 cm³/mol. The van der Waals surface area contributed by atoms with Crippen molar-refractivity contribution in [2.45, 2.75) is 45.8 Å². The molecule has 8 nitrogen and oxygen atoms in total. The van der Waals surface area contributed by atoms with E-state index in [-0.39, 0.29) is 18.7 Å². The van der Waals surface area contributed by atoms with Crippen LogP contribution in [-0.2, 0) is 28.6 Å². The third-order valence-electron chi connectivity index (χ3n) is 3.87. The largest absolute Gasteiger partial charge is 0.469 e. The Bertz CT molecular complexity index is 523. The highest BCUT2D eigenvalue weighted by atomic mass is 16.6. The van der Waals surface area contributed by atoms with Crippen LogP contribution in [-0.4, -0.2) is 61.1 Å². The Morgan fingerprint density at radius 3 is 2.08 bits per heavy atom. The van der Waals surface area contributed by atoms with Crippen molar-refractivity contribution in [3.63, 3.8) is 0 Å². The molecule has 1 aliphatic rings. The summed E-state index contributed by atoms with van der Waals surface area (Å²) in [6, 6.07) is -1.07. The smallest absolute Gasteiger partial charge is 0.411 e. The standard InChI is InChI=1S/C16H25NO7/c1-9(18)11-8-17(15(21)24-16(2,3)4)13(14(20)23-6)10(11)7-12(19)22-5/h10-11,13H,7-8H2,1-6H3/t10-,11-,13-/m0/s1. The monoisotopic (exact) mass is 343 g/mol. The number of methoxy groups -OCH3 is 2. The van der Waals surface area contributed by atoms with Gasteiger partial charge in [-0.05, 0) is 27.7 Å². The lowest BCUT2D eigenvalue weighted by Gasteiger charge is -2.28.